The Kier molecular flexibility index (Phi) is 4.88. The molecule has 0 aromatic rings. The van der Waals surface area contributed by atoms with Crippen LogP contribution in [0.15, 0.2) is 24.3 Å². The van der Waals surface area contributed by atoms with E-state index in [1.54, 1.807) is 6.08 Å². The number of fused-ring (bicyclic) bond motifs is 1. The zero-order chi connectivity index (χ0) is 12.8. The predicted octanol–water partition coefficient (Wildman–Crippen LogP) is 2.46. The number of hydrogen-bond donors (Lipinski definition) is 0. The molecule has 2 aliphatic rings. The topological polar surface area (TPSA) is 43.4 Å². The van der Waals surface area contributed by atoms with E-state index in [9.17, 15) is 9.59 Å². The minimum atomic E-state index is -0.0233. The second-order valence-electron chi connectivity index (χ2n) is 5.00. The highest BCUT2D eigenvalue weighted by molar-refractivity contribution is 5.94. The van der Waals surface area contributed by atoms with Crippen molar-refractivity contribution >= 4 is 11.6 Å². The summed E-state index contributed by atoms with van der Waals surface area (Å²) in [5.74, 6) is 0.682. The lowest BCUT2D eigenvalue weighted by molar-refractivity contribution is -0.121. The summed E-state index contributed by atoms with van der Waals surface area (Å²) in [6.45, 7) is 0.889. The third kappa shape index (κ3) is 3.64. The normalized spacial score (nSPS) is 32.2. The molecule has 0 fully saturated rings. The summed E-state index contributed by atoms with van der Waals surface area (Å²) in [5.41, 5.74) is 0. The van der Waals surface area contributed by atoms with Gasteiger partial charge in [0.2, 0.25) is 0 Å². The zero-order valence-electron chi connectivity index (χ0n) is 10.6. The number of ether oxygens (including phenoxy) is 1. The summed E-state index contributed by atoms with van der Waals surface area (Å²) in [5, 5.41) is 0. The average molecular weight is 248 g/mol. The van der Waals surface area contributed by atoms with Crippen molar-refractivity contribution in [2.45, 2.75) is 32.1 Å². The summed E-state index contributed by atoms with van der Waals surface area (Å²) in [4.78, 5) is 23.2. The van der Waals surface area contributed by atoms with Crippen molar-refractivity contribution in [3.63, 3.8) is 0 Å². The largest absolute Gasteiger partial charge is 0.380 e. The van der Waals surface area contributed by atoms with Gasteiger partial charge in [-0.3, -0.25) is 9.59 Å². The van der Waals surface area contributed by atoms with Crippen LogP contribution in [0.4, 0.5) is 0 Å². The summed E-state index contributed by atoms with van der Waals surface area (Å²) < 4.78 is 5.50. The Morgan fingerprint density at radius 3 is 3.00 bits per heavy atom. The molecule has 0 radical (unpaired) electrons. The highest BCUT2D eigenvalue weighted by Gasteiger charge is 2.29. The fourth-order valence-electron chi connectivity index (χ4n) is 2.49. The molecule has 0 amide bonds. The van der Waals surface area contributed by atoms with Crippen LogP contribution in [0.5, 0.6) is 0 Å². The average Bonchev–Trinajstić information content (AvgIpc) is 2.70. The fraction of sp³-hybridized carbons (Fsp3) is 0.600. The molecule has 3 heteroatoms. The molecule has 18 heavy (non-hydrogen) atoms. The van der Waals surface area contributed by atoms with E-state index >= 15 is 0 Å². The Hall–Kier alpha value is -1.22. The molecule has 0 bridgehead atoms. The van der Waals surface area contributed by atoms with Gasteiger partial charge in [0.25, 0.3) is 0 Å². The van der Waals surface area contributed by atoms with Crippen LogP contribution in [0.25, 0.3) is 0 Å². The van der Waals surface area contributed by atoms with Gasteiger partial charge < -0.3 is 4.74 Å². The van der Waals surface area contributed by atoms with Gasteiger partial charge in [-0.1, -0.05) is 18.2 Å². The molecule has 98 valence electrons. The van der Waals surface area contributed by atoms with Gasteiger partial charge in [0.1, 0.15) is 5.78 Å². The molecule has 2 unspecified atom stereocenters. The number of carbonyl (C=O) groups is 2. The Morgan fingerprint density at radius 1 is 1.22 bits per heavy atom. The SMILES string of the molecule is O=C1C/C=C/CCCC2C=CC(=O)C2COCC1. The van der Waals surface area contributed by atoms with Crippen molar-refractivity contribution in [2.75, 3.05) is 13.2 Å². The predicted molar refractivity (Wildman–Crippen MR) is 69.2 cm³/mol. The van der Waals surface area contributed by atoms with Gasteiger partial charge in [0.05, 0.1) is 19.1 Å². The van der Waals surface area contributed by atoms with Crippen LogP contribution in [-0.2, 0) is 14.3 Å². The molecular weight excluding hydrogens is 228 g/mol. The molecule has 0 spiro atoms. The van der Waals surface area contributed by atoms with Crippen LogP contribution in [0.2, 0.25) is 0 Å². The molecule has 1 aliphatic heterocycles. The van der Waals surface area contributed by atoms with Crippen molar-refractivity contribution in [1.82, 2.24) is 0 Å². The molecule has 0 saturated heterocycles. The van der Waals surface area contributed by atoms with Crippen LogP contribution in [-0.4, -0.2) is 24.8 Å². The van der Waals surface area contributed by atoms with E-state index in [0.717, 1.165) is 19.3 Å². The van der Waals surface area contributed by atoms with Gasteiger partial charge in [-0.2, -0.15) is 0 Å². The Balaban J connectivity index is 1.94. The van der Waals surface area contributed by atoms with Gasteiger partial charge in [-0.25, -0.2) is 0 Å². The van der Waals surface area contributed by atoms with E-state index in [1.165, 1.54) is 0 Å². The number of rotatable bonds is 0. The Labute approximate surface area is 108 Å². The molecule has 2 atom stereocenters. The quantitative estimate of drug-likeness (QED) is 0.618. The third-order valence-electron chi connectivity index (χ3n) is 3.63. The first-order chi connectivity index (χ1) is 8.77. The van der Waals surface area contributed by atoms with E-state index in [-0.39, 0.29) is 17.5 Å². The number of ketones is 2. The second kappa shape index (κ2) is 6.64. The molecule has 1 heterocycles. The van der Waals surface area contributed by atoms with Crippen molar-refractivity contribution < 1.29 is 14.3 Å². The van der Waals surface area contributed by atoms with Gasteiger partial charge in [-0.05, 0) is 31.3 Å². The van der Waals surface area contributed by atoms with Crippen LogP contribution in [0, 0.1) is 11.8 Å². The van der Waals surface area contributed by atoms with Gasteiger partial charge in [0, 0.05) is 12.8 Å². The number of carbonyl (C=O) groups excluding carboxylic acids is 2. The highest BCUT2D eigenvalue weighted by atomic mass is 16.5. The van der Waals surface area contributed by atoms with Crippen LogP contribution < -0.4 is 0 Å². The maximum Gasteiger partial charge on any atom is 0.161 e. The lowest BCUT2D eigenvalue weighted by Gasteiger charge is -2.17. The molecular formula is C15H20O3. The minimum absolute atomic E-state index is 0.0233. The van der Waals surface area contributed by atoms with E-state index < -0.39 is 0 Å². The monoisotopic (exact) mass is 248 g/mol. The minimum Gasteiger partial charge on any atom is -0.380 e. The number of Topliss-reactive ketones (excluding diaryl/α,β-unsaturated/α-hetero) is 1. The van der Waals surface area contributed by atoms with E-state index in [0.29, 0.717) is 32.0 Å². The van der Waals surface area contributed by atoms with Crippen LogP contribution >= 0.6 is 0 Å². The lowest BCUT2D eigenvalue weighted by atomic mass is 9.91. The highest BCUT2D eigenvalue weighted by Crippen LogP contribution is 2.27. The van der Waals surface area contributed by atoms with Gasteiger partial charge in [-0.15, -0.1) is 0 Å². The summed E-state index contributed by atoms with van der Waals surface area (Å²) in [6.07, 6.45) is 11.8. The third-order valence-corrected chi connectivity index (χ3v) is 3.63. The van der Waals surface area contributed by atoms with Crippen molar-refractivity contribution in [2.24, 2.45) is 11.8 Å². The Bertz CT molecular complexity index is 368. The second-order valence-corrected chi connectivity index (χ2v) is 5.00. The molecule has 0 saturated carbocycles. The fourth-order valence-corrected chi connectivity index (χ4v) is 2.49. The van der Waals surface area contributed by atoms with Crippen molar-refractivity contribution in [3.8, 4) is 0 Å². The maximum absolute atomic E-state index is 11.7. The van der Waals surface area contributed by atoms with E-state index in [4.69, 9.17) is 4.74 Å². The molecule has 0 aromatic carbocycles. The van der Waals surface area contributed by atoms with Crippen molar-refractivity contribution in [1.29, 1.82) is 0 Å². The van der Waals surface area contributed by atoms with Gasteiger partial charge in [0.15, 0.2) is 5.78 Å². The first-order valence-corrected chi connectivity index (χ1v) is 6.74. The molecule has 0 aromatic heterocycles. The molecule has 1 aliphatic carbocycles. The number of allylic oxidation sites excluding steroid dienone is 4. The van der Waals surface area contributed by atoms with Crippen molar-refractivity contribution in [3.05, 3.63) is 24.3 Å². The van der Waals surface area contributed by atoms with Crippen LogP contribution in [0.1, 0.15) is 32.1 Å². The van der Waals surface area contributed by atoms with Gasteiger partial charge >= 0.3 is 0 Å². The molecule has 3 nitrogen and oxygen atoms in total. The maximum atomic E-state index is 11.7. The summed E-state index contributed by atoms with van der Waals surface area (Å²) in [7, 11) is 0. The van der Waals surface area contributed by atoms with Crippen LogP contribution in [0.3, 0.4) is 0 Å². The first kappa shape index (κ1) is 13.2. The first-order valence-electron chi connectivity index (χ1n) is 6.74. The lowest BCUT2D eigenvalue weighted by Crippen LogP contribution is -2.22. The number of hydrogen-bond acceptors (Lipinski definition) is 3. The van der Waals surface area contributed by atoms with E-state index in [2.05, 4.69) is 6.08 Å². The smallest absolute Gasteiger partial charge is 0.161 e. The Morgan fingerprint density at radius 2 is 2.11 bits per heavy atom. The summed E-state index contributed by atoms with van der Waals surface area (Å²) in [6, 6.07) is 0. The standard InChI is InChI=1S/C15H20O3/c16-13-6-4-2-1-3-5-12-7-8-15(17)14(12)11-18-10-9-13/h2,4,7-8,12,14H,1,3,5-6,9-11H2/b4-2+. The van der Waals surface area contributed by atoms with E-state index in [1.807, 2.05) is 12.2 Å². The molecule has 0 N–H and O–H groups in total. The summed E-state index contributed by atoms with van der Waals surface area (Å²) >= 11 is 0. The molecule has 2 rings (SSSR count). The zero-order valence-corrected chi connectivity index (χ0v) is 10.6.